The number of esters is 1. The van der Waals surface area contributed by atoms with Gasteiger partial charge in [0, 0.05) is 19.6 Å². The van der Waals surface area contributed by atoms with E-state index in [1.807, 2.05) is 0 Å². The summed E-state index contributed by atoms with van der Waals surface area (Å²) in [5.74, 6) is -3.37. The van der Waals surface area contributed by atoms with Crippen LogP contribution in [0.4, 0.5) is 0 Å². The first-order chi connectivity index (χ1) is 8.41. The number of nitrogens with zero attached hydrogens (tertiary/aromatic N) is 1. The van der Waals surface area contributed by atoms with Gasteiger partial charge in [-0.3, -0.25) is 4.79 Å². The number of nitrogens with one attached hydrogen (secondary N) is 1. The maximum absolute atomic E-state index is 11.5. The Morgan fingerprint density at radius 2 is 2.17 bits per heavy atom. The van der Waals surface area contributed by atoms with E-state index in [2.05, 4.69) is 10.1 Å². The Balaban J connectivity index is 2.42. The topological polar surface area (TPSA) is 116 Å². The molecule has 0 spiro atoms. The van der Waals surface area contributed by atoms with Crippen molar-refractivity contribution in [1.82, 2.24) is 10.2 Å². The summed E-state index contributed by atoms with van der Waals surface area (Å²) in [6.07, 6.45) is -1.08. The molecule has 0 aromatic heterocycles. The van der Waals surface area contributed by atoms with Crippen molar-refractivity contribution in [3.8, 4) is 0 Å². The Labute approximate surface area is 104 Å². The lowest BCUT2D eigenvalue weighted by Crippen LogP contribution is -2.56. The van der Waals surface area contributed by atoms with Crippen LogP contribution in [-0.2, 0) is 19.1 Å². The maximum Gasteiger partial charge on any atom is 0.417 e. The first-order valence-electron chi connectivity index (χ1n) is 5.52. The van der Waals surface area contributed by atoms with E-state index in [0.717, 1.165) is 0 Å². The van der Waals surface area contributed by atoms with E-state index in [1.54, 1.807) is 0 Å². The number of carboxylic acids is 1. The smallest absolute Gasteiger partial charge is 0.417 e. The van der Waals surface area contributed by atoms with Crippen LogP contribution in [0, 0.1) is 0 Å². The largest absolute Gasteiger partial charge is 0.473 e. The molecule has 102 valence electrons. The predicted molar refractivity (Wildman–Crippen MR) is 58.6 cm³/mol. The number of carbonyl (C=O) groups excluding carboxylic acids is 2. The highest BCUT2D eigenvalue weighted by atomic mass is 16.6. The van der Waals surface area contributed by atoms with Crippen LogP contribution in [0.15, 0.2) is 0 Å². The molecule has 8 nitrogen and oxygen atoms in total. The van der Waals surface area contributed by atoms with E-state index in [1.165, 1.54) is 11.8 Å². The number of aliphatic hydroxyl groups excluding tert-OH is 1. The van der Waals surface area contributed by atoms with Crippen molar-refractivity contribution in [3.63, 3.8) is 0 Å². The standard InChI is InChI=1S/C10H16N2O6/c1-6(13)8(14)12-3-2-11-7(4-12)5-18-10(17)9(15)16/h6-7,11,13H,2-5H2,1H3,(H,15,16). The Hall–Kier alpha value is -1.67. The summed E-state index contributed by atoms with van der Waals surface area (Å²) in [4.78, 5) is 34.0. The zero-order chi connectivity index (χ0) is 13.7. The number of rotatable bonds is 3. The molecule has 1 saturated heterocycles. The summed E-state index contributed by atoms with van der Waals surface area (Å²) in [5, 5.41) is 20.5. The number of hydrogen-bond donors (Lipinski definition) is 3. The summed E-state index contributed by atoms with van der Waals surface area (Å²) >= 11 is 0. The van der Waals surface area contributed by atoms with Gasteiger partial charge >= 0.3 is 11.9 Å². The highest BCUT2D eigenvalue weighted by Gasteiger charge is 2.26. The van der Waals surface area contributed by atoms with Gasteiger partial charge in [-0.15, -0.1) is 0 Å². The van der Waals surface area contributed by atoms with Crippen LogP contribution in [0.25, 0.3) is 0 Å². The average molecular weight is 260 g/mol. The fraction of sp³-hybridized carbons (Fsp3) is 0.700. The van der Waals surface area contributed by atoms with Gasteiger partial charge in [0.05, 0.1) is 6.04 Å². The van der Waals surface area contributed by atoms with Gasteiger partial charge in [-0.05, 0) is 6.92 Å². The second-order valence-electron chi connectivity index (χ2n) is 4.01. The molecule has 0 radical (unpaired) electrons. The van der Waals surface area contributed by atoms with Crippen molar-refractivity contribution in [2.45, 2.75) is 19.1 Å². The molecule has 8 heteroatoms. The van der Waals surface area contributed by atoms with Crippen molar-refractivity contribution in [2.75, 3.05) is 26.2 Å². The minimum Gasteiger partial charge on any atom is -0.473 e. The summed E-state index contributed by atoms with van der Waals surface area (Å²) in [6.45, 7) is 2.45. The molecule has 0 aromatic rings. The van der Waals surface area contributed by atoms with E-state index in [-0.39, 0.29) is 19.2 Å². The van der Waals surface area contributed by atoms with Crippen molar-refractivity contribution in [2.24, 2.45) is 0 Å². The van der Waals surface area contributed by atoms with E-state index < -0.39 is 23.9 Å². The van der Waals surface area contributed by atoms with Crippen LogP contribution in [0.5, 0.6) is 0 Å². The number of carboxylic acid groups (broad SMARTS) is 1. The molecule has 1 fully saturated rings. The van der Waals surface area contributed by atoms with Crippen LogP contribution in [0.3, 0.4) is 0 Å². The fourth-order valence-electron chi connectivity index (χ4n) is 1.64. The molecule has 0 aromatic carbocycles. The molecular formula is C10H16N2O6. The molecule has 1 heterocycles. The molecule has 0 bridgehead atoms. The molecule has 3 N–H and O–H groups in total. The van der Waals surface area contributed by atoms with Crippen LogP contribution in [0.1, 0.15) is 6.92 Å². The highest BCUT2D eigenvalue weighted by molar-refractivity contribution is 6.28. The van der Waals surface area contributed by atoms with Gasteiger partial charge in [0.15, 0.2) is 0 Å². The molecule has 0 saturated carbocycles. The van der Waals surface area contributed by atoms with Crippen molar-refractivity contribution in [3.05, 3.63) is 0 Å². The zero-order valence-electron chi connectivity index (χ0n) is 9.96. The van der Waals surface area contributed by atoms with E-state index in [0.29, 0.717) is 13.1 Å². The number of aliphatic carboxylic acids is 1. The Morgan fingerprint density at radius 1 is 1.50 bits per heavy atom. The summed E-state index contributed by atoms with van der Waals surface area (Å²) in [7, 11) is 0. The number of aliphatic hydroxyl groups is 1. The first-order valence-corrected chi connectivity index (χ1v) is 5.52. The SMILES string of the molecule is CC(O)C(=O)N1CCNC(COC(=O)C(=O)O)C1. The Bertz CT molecular complexity index is 343. The third kappa shape index (κ3) is 3.97. The van der Waals surface area contributed by atoms with E-state index in [4.69, 9.17) is 5.11 Å². The quantitative estimate of drug-likeness (QED) is 0.389. The molecule has 1 rings (SSSR count). The molecule has 1 amide bonds. The van der Waals surface area contributed by atoms with E-state index in [9.17, 15) is 19.5 Å². The molecule has 18 heavy (non-hydrogen) atoms. The Kier molecular flexibility index (Phi) is 5.05. The van der Waals surface area contributed by atoms with Gasteiger partial charge in [0.25, 0.3) is 5.91 Å². The molecule has 0 aliphatic carbocycles. The lowest BCUT2D eigenvalue weighted by atomic mass is 10.2. The summed E-state index contributed by atoms with van der Waals surface area (Å²) in [5.41, 5.74) is 0. The first kappa shape index (κ1) is 14.4. The average Bonchev–Trinajstić information content (AvgIpc) is 2.35. The van der Waals surface area contributed by atoms with Crippen LogP contribution in [0.2, 0.25) is 0 Å². The fourth-order valence-corrected chi connectivity index (χ4v) is 1.64. The van der Waals surface area contributed by atoms with E-state index >= 15 is 0 Å². The van der Waals surface area contributed by atoms with Crippen molar-refractivity contribution < 1.29 is 29.3 Å². The van der Waals surface area contributed by atoms with Gasteiger partial charge in [-0.25, -0.2) is 9.59 Å². The van der Waals surface area contributed by atoms with Crippen LogP contribution < -0.4 is 5.32 Å². The molecule has 1 aliphatic heterocycles. The summed E-state index contributed by atoms with van der Waals surface area (Å²) in [6, 6.07) is -0.329. The molecule has 2 unspecified atom stereocenters. The minimum absolute atomic E-state index is 0.130. The number of hydrogen-bond acceptors (Lipinski definition) is 6. The van der Waals surface area contributed by atoms with Gasteiger partial charge in [0.1, 0.15) is 12.7 Å². The van der Waals surface area contributed by atoms with Gasteiger partial charge in [0.2, 0.25) is 0 Å². The molecule has 1 aliphatic rings. The second kappa shape index (κ2) is 6.31. The molecule has 2 atom stereocenters. The normalized spacial score (nSPS) is 21.2. The second-order valence-corrected chi connectivity index (χ2v) is 4.01. The summed E-state index contributed by atoms with van der Waals surface area (Å²) < 4.78 is 4.53. The van der Waals surface area contributed by atoms with Crippen molar-refractivity contribution in [1.29, 1.82) is 0 Å². The molecular weight excluding hydrogens is 244 g/mol. The number of amides is 1. The third-order valence-electron chi connectivity index (χ3n) is 2.51. The highest BCUT2D eigenvalue weighted by Crippen LogP contribution is 2.03. The zero-order valence-corrected chi connectivity index (χ0v) is 9.96. The number of piperazine rings is 1. The van der Waals surface area contributed by atoms with Gasteiger partial charge in [-0.2, -0.15) is 0 Å². The van der Waals surface area contributed by atoms with Crippen molar-refractivity contribution >= 4 is 17.8 Å². The maximum atomic E-state index is 11.5. The number of ether oxygens (including phenoxy) is 1. The Morgan fingerprint density at radius 3 is 2.72 bits per heavy atom. The monoisotopic (exact) mass is 260 g/mol. The lowest BCUT2D eigenvalue weighted by molar-refractivity contribution is -0.164. The lowest BCUT2D eigenvalue weighted by Gasteiger charge is -2.33. The third-order valence-corrected chi connectivity index (χ3v) is 2.51. The minimum atomic E-state index is -1.65. The number of carbonyl (C=O) groups is 3. The van der Waals surface area contributed by atoms with Gasteiger partial charge in [-0.1, -0.05) is 0 Å². The van der Waals surface area contributed by atoms with Gasteiger partial charge < -0.3 is 25.2 Å². The van der Waals surface area contributed by atoms with Crippen LogP contribution >= 0.6 is 0 Å². The predicted octanol–water partition coefficient (Wildman–Crippen LogP) is -2.20. The van der Waals surface area contributed by atoms with Crippen LogP contribution in [-0.4, -0.2) is 71.3 Å².